The molecule has 1 aliphatic rings. The summed E-state index contributed by atoms with van der Waals surface area (Å²) in [6, 6.07) is 0. The Hall–Kier alpha value is 0.675. The third kappa shape index (κ3) is 12.0. The normalized spacial score (nSPS) is 11.8. The molecule has 0 unspecified atom stereocenters. The van der Waals surface area contributed by atoms with Gasteiger partial charge in [-0.3, -0.25) is 6.08 Å². The Morgan fingerprint density at radius 1 is 1.44 bits per heavy atom. The first-order valence-electron chi connectivity index (χ1n) is 2.87. The molecule has 0 heterocycles. The summed E-state index contributed by atoms with van der Waals surface area (Å²) in [4.78, 5) is 0. The summed E-state index contributed by atoms with van der Waals surface area (Å²) in [7, 11) is 0. The zero-order chi connectivity index (χ0) is 6.24. The van der Waals surface area contributed by atoms with Crippen LogP contribution >= 0.6 is 0 Å². The third-order valence-electron chi connectivity index (χ3n) is 0.586. The quantitative estimate of drug-likeness (QED) is 0.577. The SMILES string of the molecule is C[CH-]C.[C-]1=CC=CC1.[La]. The second-order valence-electron chi connectivity index (χ2n) is 1.58. The zero-order valence-corrected chi connectivity index (χ0v) is 9.72. The maximum atomic E-state index is 2.99. The van der Waals surface area contributed by atoms with Crippen LogP contribution in [-0.4, -0.2) is 0 Å². The van der Waals surface area contributed by atoms with Crippen LogP contribution in [0.25, 0.3) is 0 Å². The summed E-state index contributed by atoms with van der Waals surface area (Å²) in [6.07, 6.45) is 12.0. The van der Waals surface area contributed by atoms with Gasteiger partial charge in [-0.2, -0.15) is 19.9 Å². The molecular weight excluding hydrogens is 235 g/mol. The minimum absolute atomic E-state index is 0. The first kappa shape index (κ1) is 12.4. The molecule has 0 spiro atoms. The van der Waals surface area contributed by atoms with Crippen LogP contribution in [0.1, 0.15) is 20.3 Å². The van der Waals surface area contributed by atoms with Crippen LogP contribution < -0.4 is 0 Å². The van der Waals surface area contributed by atoms with Gasteiger partial charge < -0.3 is 6.42 Å². The van der Waals surface area contributed by atoms with Gasteiger partial charge in [-0.25, -0.2) is 12.2 Å². The van der Waals surface area contributed by atoms with E-state index in [1.807, 2.05) is 32.4 Å². The summed E-state index contributed by atoms with van der Waals surface area (Å²) in [5.41, 5.74) is 0. The van der Waals surface area contributed by atoms with Crippen molar-refractivity contribution in [2.45, 2.75) is 20.3 Å². The fraction of sp³-hybridized carbons (Fsp3) is 0.375. The van der Waals surface area contributed by atoms with Crippen LogP contribution in [0.4, 0.5) is 0 Å². The van der Waals surface area contributed by atoms with Gasteiger partial charge in [0.1, 0.15) is 0 Å². The van der Waals surface area contributed by atoms with E-state index in [-0.39, 0.29) is 35.6 Å². The molecule has 0 saturated heterocycles. The van der Waals surface area contributed by atoms with Gasteiger partial charge in [-0.1, -0.05) is 0 Å². The molecule has 1 heteroatoms. The molecule has 1 radical (unpaired) electrons. The van der Waals surface area contributed by atoms with Crippen molar-refractivity contribution in [2.75, 3.05) is 0 Å². The van der Waals surface area contributed by atoms with Crippen molar-refractivity contribution >= 4 is 0 Å². The van der Waals surface area contributed by atoms with Crippen molar-refractivity contribution in [3.8, 4) is 0 Å². The molecule has 0 aliphatic heterocycles. The monoisotopic (exact) mass is 247 g/mol. The van der Waals surface area contributed by atoms with E-state index in [1.165, 1.54) is 0 Å². The molecule has 0 nitrogen and oxygen atoms in total. The number of hydrogen-bond acceptors (Lipinski definition) is 0. The first-order chi connectivity index (χ1) is 3.91. The van der Waals surface area contributed by atoms with Crippen molar-refractivity contribution in [1.82, 2.24) is 0 Å². The minimum Gasteiger partial charge on any atom is -0.335 e. The van der Waals surface area contributed by atoms with E-state index in [0.717, 1.165) is 6.42 Å². The molecule has 9 heavy (non-hydrogen) atoms. The third-order valence-corrected chi connectivity index (χ3v) is 0.586. The Kier molecular flexibility index (Phi) is 15.8. The number of allylic oxidation sites excluding steroid dienone is 4. The Bertz CT molecular complexity index is 72.6. The minimum atomic E-state index is 0. The van der Waals surface area contributed by atoms with E-state index < -0.39 is 0 Å². The Morgan fingerprint density at radius 3 is 2.11 bits per heavy atom. The van der Waals surface area contributed by atoms with Gasteiger partial charge in [-0.15, -0.1) is 6.42 Å². The average Bonchev–Trinajstić information content (AvgIpc) is 2.17. The Balaban J connectivity index is 0. The Morgan fingerprint density at radius 2 is 2.00 bits per heavy atom. The van der Waals surface area contributed by atoms with Gasteiger partial charge in [0.15, 0.2) is 0 Å². The molecule has 0 aromatic heterocycles. The smallest absolute Gasteiger partial charge is 0 e. The number of hydrogen-bond donors (Lipinski definition) is 0. The molecule has 49 valence electrons. The molecule has 1 rings (SSSR count). The maximum absolute atomic E-state index is 2.99. The Labute approximate surface area is 86.0 Å². The van der Waals surface area contributed by atoms with Gasteiger partial charge in [0.2, 0.25) is 0 Å². The van der Waals surface area contributed by atoms with Gasteiger partial charge in [0.25, 0.3) is 0 Å². The largest absolute Gasteiger partial charge is 0.335 e. The molecule has 0 aromatic carbocycles. The second-order valence-corrected chi connectivity index (χ2v) is 1.58. The summed E-state index contributed by atoms with van der Waals surface area (Å²) < 4.78 is 0. The molecule has 0 bridgehead atoms. The molecule has 0 saturated carbocycles. The van der Waals surface area contributed by atoms with Crippen molar-refractivity contribution in [1.29, 1.82) is 0 Å². The van der Waals surface area contributed by atoms with Crippen molar-refractivity contribution in [3.05, 3.63) is 30.7 Å². The molecule has 0 N–H and O–H groups in total. The molecule has 0 fully saturated rings. The average molecular weight is 247 g/mol. The summed E-state index contributed by atoms with van der Waals surface area (Å²) in [6.45, 7) is 4.00. The maximum Gasteiger partial charge on any atom is 0 e. The van der Waals surface area contributed by atoms with E-state index in [0.29, 0.717) is 0 Å². The van der Waals surface area contributed by atoms with Gasteiger partial charge in [0.05, 0.1) is 0 Å². The second kappa shape index (κ2) is 11.5. The fourth-order valence-corrected chi connectivity index (χ4v) is 0.340. The summed E-state index contributed by atoms with van der Waals surface area (Å²) in [5.74, 6) is 0. The molecule has 0 amide bonds. The zero-order valence-electron chi connectivity index (χ0n) is 6.09. The summed E-state index contributed by atoms with van der Waals surface area (Å²) in [5, 5.41) is 0. The standard InChI is InChI=1S/C5H5.C3H7.La/c1-2-4-5-3-1;1-3-2;/h1-3H,4H2;3H,1-2H3;/q2*-1;. The van der Waals surface area contributed by atoms with Crippen molar-refractivity contribution < 1.29 is 35.6 Å². The topological polar surface area (TPSA) is 0 Å². The van der Waals surface area contributed by atoms with E-state index in [2.05, 4.69) is 12.2 Å². The molecule has 0 atom stereocenters. The van der Waals surface area contributed by atoms with E-state index in [9.17, 15) is 0 Å². The van der Waals surface area contributed by atoms with Crippen molar-refractivity contribution in [3.63, 3.8) is 0 Å². The molecular formula is C8H12La-2. The van der Waals surface area contributed by atoms with Gasteiger partial charge >= 0.3 is 0 Å². The number of rotatable bonds is 0. The van der Waals surface area contributed by atoms with Crippen LogP contribution in [0.3, 0.4) is 0 Å². The van der Waals surface area contributed by atoms with E-state index in [4.69, 9.17) is 0 Å². The summed E-state index contributed by atoms with van der Waals surface area (Å²) >= 11 is 0. The van der Waals surface area contributed by atoms with Crippen LogP contribution in [0.2, 0.25) is 0 Å². The van der Waals surface area contributed by atoms with E-state index >= 15 is 0 Å². The van der Waals surface area contributed by atoms with Crippen LogP contribution in [0, 0.1) is 48.1 Å². The van der Waals surface area contributed by atoms with Crippen LogP contribution in [-0.2, 0) is 0 Å². The fourth-order valence-electron chi connectivity index (χ4n) is 0.340. The predicted molar refractivity (Wildman–Crippen MR) is 37.2 cm³/mol. The van der Waals surface area contributed by atoms with Crippen LogP contribution in [0.15, 0.2) is 18.2 Å². The van der Waals surface area contributed by atoms with Gasteiger partial charge in [0, 0.05) is 35.6 Å². The molecule has 0 aromatic rings. The van der Waals surface area contributed by atoms with Crippen LogP contribution in [0.5, 0.6) is 0 Å². The van der Waals surface area contributed by atoms with Crippen molar-refractivity contribution in [2.24, 2.45) is 0 Å². The first-order valence-corrected chi connectivity index (χ1v) is 2.87. The molecule has 1 aliphatic carbocycles. The van der Waals surface area contributed by atoms with Gasteiger partial charge in [-0.05, 0) is 0 Å². The van der Waals surface area contributed by atoms with E-state index in [1.54, 1.807) is 0 Å². The predicted octanol–water partition coefficient (Wildman–Crippen LogP) is 2.54.